The van der Waals surface area contributed by atoms with E-state index in [2.05, 4.69) is 0 Å². The fourth-order valence-corrected chi connectivity index (χ4v) is 6.64. The number of aromatic hydroxyl groups is 4. The summed E-state index contributed by atoms with van der Waals surface area (Å²) in [5, 5.41) is 44.5. The van der Waals surface area contributed by atoms with Gasteiger partial charge >= 0.3 is 0 Å². The number of phenolic OH excluding ortho intramolecular Hbond substituents is 4. The zero-order valence-corrected chi connectivity index (χ0v) is 37.4. The van der Waals surface area contributed by atoms with Crippen LogP contribution in [0, 0.1) is 0 Å². The monoisotopic (exact) mass is 870 g/mol. The molecule has 4 N–H and O–H groups in total. The van der Waals surface area contributed by atoms with E-state index in [1.807, 2.05) is 24.3 Å². The highest BCUT2D eigenvalue weighted by molar-refractivity contribution is 7.83. The maximum atomic E-state index is 11.1. The average Bonchev–Trinajstić information content (AvgIpc) is 3.21. The lowest BCUT2D eigenvalue weighted by atomic mass is 9.80. The van der Waals surface area contributed by atoms with Gasteiger partial charge in [-0.25, -0.2) is 0 Å². The molecule has 326 valence electrons. The summed E-state index contributed by atoms with van der Waals surface area (Å²) >= 11 is 0. The largest absolute Gasteiger partial charge is 0.502 e. The molecule has 0 aromatic heterocycles. The van der Waals surface area contributed by atoms with Gasteiger partial charge in [0.25, 0.3) is 0 Å². The van der Waals surface area contributed by atoms with E-state index in [0.29, 0.717) is 22.3 Å². The number of phenols is 4. The first-order chi connectivity index (χ1) is 28.6. The minimum absolute atomic E-state index is 0.167. The lowest BCUT2D eigenvalue weighted by Crippen LogP contribution is -2.10. The van der Waals surface area contributed by atoms with Crippen molar-refractivity contribution < 1.29 is 66.7 Å². The molecule has 0 aliphatic heterocycles. The fraction of sp³-hybridized carbons (Fsp3) is 0.318. The fourth-order valence-electron chi connectivity index (χ4n) is 6.64. The van der Waals surface area contributed by atoms with E-state index >= 15 is 0 Å². The predicted octanol–water partition coefficient (Wildman–Crippen LogP) is 6.93. The Kier molecular flexibility index (Phi) is 18.1. The molecule has 5 aromatic carbocycles. The summed E-state index contributed by atoms with van der Waals surface area (Å²) in [5.41, 5.74) is 3.66. The third-order valence-electron chi connectivity index (χ3n) is 9.04. The van der Waals surface area contributed by atoms with Crippen molar-refractivity contribution in [1.82, 2.24) is 0 Å². The summed E-state index contributed by atoms with van der Waals surface area (Å²) in [6.07, 6.45) is 6.56. The molecule has 0 saturated heterocycles. The lowest BCUT2D eigenvalue weighted by molar-refractivity contribution is 0.333. The van der Waals surface area contributed by atoms with Crippen molar-refractivity contribution in [1.29, 1.82) is 0 Å². The Bertz CT molecular complexity index is 1970. The van der Waals surface area contributed by atoms with E-state index in [-0.39, 0.29) is 69.0 Å². The van der Waals surface area contributed by atoms with Gasteiger partial charge in [0.1, 0.15) is 0 Å². The molecule has 60 heavy (non-hydrogen) atoms. The maximum absolute atomic E-state index is 11.1. The second-order valence-electron chi connectivity index (χ2n) is 13.0. The van der Waals surface area contributed by atoms with E-state index in [9.17, 15) is 28.8 Å². The van der Waals surface area contributed by atoms with Gasteiger partial charge in [0.2, 0.25) is 23.0 Å². The highest BCUT2D eigenvalue weighted by Gasteiger charge is 2.32. The Labute approximate surface area is 356 Å². The molecule has 0 aliphatic rings. The zero-order chi connectivity index (χ0) is 44.8. The van der Waals surface area contributed by atoms with Gasteiger partial charge in [-0.1, -0.05) is 48.5 Å². The van der Waals surface area contributed by atoms with E-state index in [4.69, 9.17) is 37.9 Å². The van der Waals surface area contributed by atoms with Crippen LogP contribution in [0.1, 0.15) is 45.2 Å². The topological polar surface area (TPSA) is 189 Å². The molecule has 0 heterocycles. The number of ether oxygens (including phenoxy) is 8. The van der Waals surface area contributed by atoms with Crippen molar-refractivity contribution >= 4 is 21.6 Å². The van der Waals surface area contributed by atoms with Gasteiger partial charge in [0, 0.05) is 80.7 Å². The first-order valence-corrected chi connectivity index (χ1v) is 21.9. The Morgan fingerprint density at radius 1 is 0.350 bits per heavy atom. The van der Waals surface area contributed by atoms with Crippen molar-refractivity contribution in [3.63, 3.8) is 0 Å². The Morgan fingerprint density at radius 2 is 0.533 bits per heavy atom. The molecule has 14 nitrogen and oxygen atoms in total. The van der Waals surface area contributed by atoms with Crippen LogP contribution in [0.5, 0.6) is 69.0 Å². The first-order valence-electron chi connectivity index (χ1n) is 18.0. The quantitative estimate of drug-likeness (QED) is 0.0842. The smallest absolute Gasteiger partial charge is 0.201 e. The molecule has 0 radical (unpaired) electrons. The minimum Gasteiger partial charge on any atom is -0.502 e. The second-order valence-corrected chi connectivity index (χ2v) is 15.9. The van der Waals surface area contributed by atoms with Crippen LogP contribution in [0.25, 0.3) is 0 Å². The molecular weight excluding hydrogens is 817 g/mol. The number of methoxy groups -OCH3 is 8. The van der Waals surface area contributed by atoms with Crippen LogP contribution in [0.2, 0.25) is 0 Å². The van der Waals surface area contributed by atoms with E-state index in [0.717, 1.165) is 11.1 Å². The molecule has 16 heteroatoms. The normalized spacial score (nSPS) is 10.7. The zero-order valence-electron chi connectivity index (χ0n) is 35.8. The number of benzene rings is 5. The van der Waals surface area contributed by atoms with E-state index < -0.39 is 33.4 Å². The van der Waals surface area contributed by atoms with Crippen molar-refractivity contribution in [2.75, 3.05) is 81.9 Å². The summed E-state index contributed by atoms with van der Waals surface area (Å²) in [6.45, 7) is 0. The molecule has 5 rings (SSSR count). The van der Waals surface area contributed by atoms with Crippen LogP contribution in [0.4, 0.5) is 0 Å². The molecular formula is C44H54O14S2. The molecule has 0 aliphatic carbocycles. The highest BCUT2D eigenvalue weighted by atomic mass is 32.2. The van der Waals surface area contributed by atoms with E-state index in [1.165, 1.54) is 56.9 Å². The molecule has 0 amide bonds. The molecule has 0 spiro atoms. The summed E-state index contributed by atoms with van der Waals surface area (Å²) in [4.78, 5) is 0. The van der Waals surface area contributed by atoms with Crippen LogP contribution in [0.15, 0.2) is 72.8 Å². The molecule has 0 saturated carbocycles. The highest BCUT2D eigenvalue weighted by Crippen LogP contribution is 2.53. The van der Waals surface area contributed by atoms with Gasteiger partial charge in [-0.05, 0) is 35.4 Å². The van der Waals surface area contributed by atoms with Crippen molar-refractivity contribution in [2.24, 2.45) is 0 Å². The van der Waals surface area contributed by atoms with Gasteiger partial charge in [-0.2, -0.15) is 0 Å². The molecule has 0 bridgehead atoms. The van der Waals surface area contributed by atoms with Crippen molar-refractivity contribution in [3.05, 3.63) is 106 Å². The van der Waals surface area contributed by atoms with Crippen LogP contribution >= 0.6 is 0 Å². The molecule has 0 unspecified atom stereocenters. The van der Waals surface area contributed by atoms with Crippen LogP contribution in [-0.2, 0) is 21.6 Å². The van der Waals surface area contributed by atoms with Gasteiger partial charge in [0.15, 0.2) is 46.0 Å². The van der Waals surface area contributed by atoms with Crippen LogP contribution in [0.3, 0.4) is 0 Å². The van der Waals surface area contributed by atoms with Gasteiger partial charge in [-0.3, -0.25) is 8.42 Å². The summed E-state index contributed by atoms with van der Waals surface area (Å²) in [6, 6.07) is 21.2. The Balaban J connectivity index is 0.00000110. The van der Waals surface area contributed by atoms with E-state index in [1.54, 1.807) is 73.6 Å². The third-order valence-corrected chi connectivity index (χ3v) is 9.04. The Hall–Kier alpha value is -6.00. The lowest BCUT2D eigenvalue weighted by Gasteiger charge is -2.27. The summed E-state index contributed by atoms with van der Waals surface area (Å²) < 4.78 is 63.4. The summed E-state index contributed by atoms with van der Waals surface area (Å²) in [5.74, 6) is -0.566. The number of rotatable bonds is 14. The SMILES string of the molecule is COc1ccc(C(c2ccc(C(c3ccc(OC)c(O)c3OC)c3ccc(OC)c(O)c3OC)cc2)c2ccc(OC)c(O)c2OC)c(OC)c1O.CS(C)=O.CS(C)=O. The van der Waals surface area contributed by atoms with Crippen molar-refractivity contribution in [3.8, 4) is 69.0 Å². The minimum atomic E-state index is -0.662. The average molecular weight is 871 g/mol. The molecule has 5 aromatic rings. The standard InChI is InChI=1S/C40H42O12.2C2H6OS/c1-45-27-17-13-23(37(49-5)33(27)41)31(24-14-18-28(46-2)34(42)38(24)50-6)21-9-11-22(12-10-21)32(25-15-19-29(47-3)35(43)39(25)51-7)26-16-20-30(48-4)36(44)40(26)52-8;2*1-4(2)3/h9-20,31-32,41-44H,1-8H3;2*1-2H3. The van der Waals surface area contributed by atoms with Gasteiger partial charge < -0.3 is 58.3 Å². The third kappa shape index (κ3) is 10.8. The van der Waals surface area contributed by atoms with Crippen LogP contribution < -0.4 is 37.9 Å². The Morgan fingerprint density at radius 3 is 0.683 bits per heavy atom. The number of hydrogen-bond acceptors (Lipinski definition) is 14. The number of hydrogen-bond donors (Lipinski definition) is 4. The van der Waals surface area contributed by atoms with Crippen molar-refractivity contribution in [2.45, 2.75) is 11.8 Å². The first kappa shape index (κ1) is 48.4. The maximum Gasteiger partial charge on any atom is 0.201 e. The molecule has 0 atom stereocenters. The summed E-state index contributed by atoms with van der Waals surface area (Å²) in [7, 11) is 10.3. The molecule has 0 fully saturated rings. The second kappa shape index (κ2) is 22.4. The predicted molar refractivity (Wildman–Crippen MR) is 233 cm³/mol. The van der Waals surface area contributed by atoms with Gasteiger partial charge in [-0.15, -0.1) is 0 Å². The van der Waals surface area contributed by atoms with Crippen LogP contribution in [-0.4, -0.2) is 111 Å². The van der Waals surface area contributed by atoms with Gasteiger partial charge in [0.05, 0.1) is 56.9 Å².